The van der Waals surface area contributed by atoms with E-state index in [1.165, 1.54) is 0 Å². The fourth-order valence-electron chi connectivity index (χ4n) is 1.59. The third kappa shape index (κ3) is 3.38. The number of Topliss-reactive ketones (excluding diaryl/α,β-unsaturated/α-hetero) is 1. The number of hydrogen-bond donors (Lipinski definition) is 0. The van der Waals surface area contributed by atoms with Crippen LogP contribution in [0.3, 0.4) is 0 Å². The van der Waals surface area contributed by atoms with E-state index in [4.69, 9.17) is 0 Å². The number of benzene rings is 2. The van der Waals surface area contributed by atoms with Gasteiger partial charge in [-0.25, -0.2) is 4.79 Å². The normalized spacial score (nSPS) is 10.9. The summed E-state index contributed by atoms with van der Waals surface area (Å²) in [4.78, 5) is 28.0. The van der Waals surface area contributed by atoms with Gasteiger partial charge in [0.2, 0.25) is 0 Å². The molecule has 20 heavy (non-hydrogen) atoms. The van der Waals surface area contributed by atoms with E-state index in [0.717, 1.165) is 5.56 Å². The maximum Gasteiger partial charge on any atom is 0.405 e. The molecule has 0 spiro atoms. The minimum atomic E-state index is -0.994. The summed E-state index contributed by atoms with van der Waals surface area (Å²) in [7, 11) is 0. The molecule has 0 aliphatic rings. The minimum absolute atomic E-state index is 0.282. The van der Waals surface area contributed by atoms with E-state index < -0.39 is 11.8 Å². The van der Waals surface area contributed by atoms with Crippen molar-refractivity contribution >= 4 is 17.5 Å². The zero-order valence-corrected chi connectivity index (χ0v) is 10.9. The van der Waals surface area contributed by atoms with Gasteiger partial charge in [-0.3, -0.25) is 4.79 Å². The van der Waals surface area contributed by atoms with Gasteiger partial charge in [-0.2, -0.15) is 0 Å². The number of oxime groups is 1. The average Bonchev–Trinajstić information content (AvgIpc) is 2.53. The highest BCUT2D eigenvalue weighted by Gasteiger charge is 2.17. The van der Waals surface area contributed by atoms with Crippen molar-refractivity contribution in [1.82, 2.24) is 0 Å². The number of hydrogen-bond acceptors (Lipinski definition) is 4. The maximum absolute atomic E-state index is 11.7. The number of ketones is 1. The van der Waals surface area contributed by atoms with Gasteiger partial charge in [0.15, 0.2) is 0 Å². The number of carbonyl (C=O) groups is 2. The Kier molecular flexibility index (Phi) is 4.39. The second-order valence-corrected chi connectivity index (χ2v) is 4.12. The van der Waals surface area contributed by atoms with Gasteiger partial charge in [0.1, 0.15) is 0 Å². The molecule has 0 saturated carbocycles. The molecule has 0 aliphatic carbocycles. The Hall–Kier alpha value is -2.75. The predicted molar refractivity (Wildman–Crippen MR) is 75.5 cm³/mol. The highest BCUT2D eigenvalue weighted by Crippen LogP contribution is 2.04. The van der Waals surface area contributed by atoms with Crippen molar-refractivity contribution in [3.05, 3.63) is 71.8 Å². The zero-order valence-electron chi connectivity index (χ0n) is 10.9. The van der Waals surface area contributed by atoms with Crippen molar-refractivity contribution in [3.8, 4) is 0 Å². The maximum atomic E-state index is 11.7. The first kappa shape index (κ1) is 13.7. The monoisotopic (exact) mass is 267 g/mol. The van der Waals surface area contributed by atoms with Crippen LogP contribution < -0.4 is 0 Å². The molecule has 100 valence electrons. The molecule has 0 aliphatic heterocycles. The van der Waals surface area contributed by atoms with E-state index in [0.29, 0.717) is 5.71 Å². The van der Waals surface area contributed by atoms with Crippen LogP contribution in [0.1, 0.15) is 22.8 Å². The molecule has 0 amide bonds. The van der Waals surface area contributed by atoms with Gasteiger partial charge in [-0.1, -0.05) is 65.8 Å². The molecule has 0 N–H and O–H groups in total. The first-order chi connectivity index (χ1) is 9.68. The van der Waals surface area contributed by atoms with Gasteiger partial charge in [0.25, 0.3) is 5.78 Å². The highest BCUT2D eigenvalue weighted by molar-refractivity contribution is 6.40. The zero-order chi connectivity index (χ0) is 14.4. The summed E-state index contributed by atoms with van der Waals surface area (Å²) in [5, 5.41) is 3.69. The van der Waals surface area contributed by atoms with Crippen LogP contribution in [0.4, 0.5) is 0 Å². The Bertz CT molecular complexity index is 633. The molecule has 0 radical (unpaired) electrons. The van der Waals surface area contributed by atoms with Gasteiger partial charge in [-0.15, -0.1) is 0 Å². The molecule has 4 heteroatoms. The molecule has 4 nitrogen and oxygen atoms in total. The third-order valence-electron chi connectivity index (χ3n) is 2.68. The van der Waals surface area contributed by atoms with Crippen molar-refractivity contribution < 1.29 is 14.4 Å². The summed E-state index contributed by atoms with van der Waals surface area (Å²) in [5.41, 5.74) is 1.64. The largest absolute Gasteiger partial charge is 0.405 e. The van der Waals surface area contributed by atoms with E-state index in [1.807, 2.05) is 30.3 Å². The first-order valence-electron chi connectivity index (χ1n) is 6.09. The third-order valence-corrected chi connectivity index (χ3v) is 2.68. The lowest BCUT2D eigenvalue weighted by Crippen LogP contribution is -2.16. The Morgan fingerprint density at radius 1 is 0.850 bits per heavy atom. The summed E-state index contributed by atoms with van der Waals surface area (Å²) in [6, 6.07) is 17.5. The topological polar surface area (TPSA) is 55.7 Å². The van der Waals surface area contributed by atoms with Crippen LogP contribution in [0.5, 0.6) is 0 Å². The van der Waals surface area contributed by atoms with Gasteiger partial charge in [-0.05, 0) is 12.5 Å². The summed E-state index contributed by atoms with van der Waals surface area (Å²) < 4.78 is 0. The summed E-state index contributed by atoms with van der Waals surface area (Å²) in [6.07, 6.45) is 0. The van der Waals surface area contributed by atoms with Crippen LogP contribution in [-0.4, -0.2) is 17.5 Å². The van der Waals surface area contributed by atoms with Gasteiger partial charge in [0, 0.05) is 5.56 Å². The molecule has 0 aromatic heterocycles. The van der Waals surface area contributed by atoms with Crippen LogP contribution in [-0.2, 0) is 9.63 Å². The molecule has 0 atom stereocenters. The van der Waals surface area contributed by atoms with Crippen LogP contribution in [0.25, 0.3) is 0 Å². The Balaban J connectivity index is 2.04. The lowest BCUT2D eigenvalue weighted by Gasteiger charge is -2.00. The van der Waals surface area contributed by atoms with Crippen molar-refractivity contribution in [2.45, 2.75) is 6.92 Å². The molecule has 2 aromatic rings. The second-order valence-electron chi connectivity index (χ2n) is 4.12. The van der Waals surface area contributed by atoms with E-state index in [9.17, 15) is 9.59 Å². The lowest BCUT2D eigenvalue weighted by atomic mass is 10.1. The lowest BCUT2D eigenvalue weighted by molar-refractivity contribution is -0.138. The molecule has 2 aromatic carbocycles. The molecule has 2 rings (SSSR count). The second kappa shape index (κ2) is 6.43. The fraction of sp³-hybridized carbons (Fsp3) is 0.0625. The van der Waals surface area contributed by atoms with Crippen LogP contribution in [0, 0.1) is 0 Å². The minimum Gasteiger partial charge on any atom is -0.309 e. The SMILES string of the molecule is CC(=NOC(=O)C(=O)c1ccccc1)c1ccccc1. The average molecular weight is 267 g/mol. The Labute approximate surface area is 116 Å². The standard InChI is InChI=1S/C16H13NO3/c1-12(13-8-4-2-5-9-13)17-20-16(19)15(18)14-10-6-3-7-11-14/h2-11H,1H3. The van der Waals surface area contributed by atoms with Gasteiger partial charge in [0.05, 0.1) is 5.71 Å². The fourth-order valence-corrected chi connectivity index (χ4v) is 1.59. The molecule has 0 unspecified atom stereocenters. The van der Waals surface area contributed by atoms with Crippen molar-refractivity contribution in [1.29, 1.82) is 0 Å². The highest BCUT2D eigenvalue weighted by atomic mass is 16.7. The quantitative estimate of drug-likeness (QED) is 0.281. The summed E-state index contributed by atoms with van der Waals surface area (Å²) in [6.45, 7) is 1.70. The molecule has 0 bridgehead atoms. The van der Waals surface area contributed by atoms with Crippen LogP contribution in [0.2, 0.25) is 0 Å². The molecule has 0 fully saturated rings. The molecule has 0 heterocycles. The van der Waals surface area contributed by atoms with Crippen molar-refractivity contribution in [3.63, 3.8) is 0 Å². The smallest absolute Gasteiger partial charge is 0.309 e. The van der Waals surface area contributed by atoms with E-state index >= 15 is 0 Å². The Morgan fingerprint density at radius 2 is 1.35 bits per heavy atom. The summed E-state index contributed by atoms with van der Waals surface area (Å²) >= 11 is 0. The van der Waals surface area contributed by atoms with E-state index in [1.54, 1.807) is 37.3 Å². The number of carbonyl (C=O) groups excluding carboxylic acids is 2. The molecular formula is C16H13NO3. The molecular weight excluding hydrogens is 254 g/mol. The number of nitrogens with zero attached hydrogens (tertiary/aromatic N) is 1. The number of rotatable bonds is 4. The van der Waals surface area contributed by atoms with E-state index in [-0.39, 0.29) is 5.56 Å². The first-order valence-corrected chi connectivity index (χ1v) is 6.09. The Morgan fingerprint density at radius 3 is 1.90 bits per heavy atom. The predicted octanol–water partition coefficient (Wildman–Crippen LogP) is 2.84. The summed E-state index contributed by atoms with van der Waals surface area (Å²) in [5.74, 6) is -1.71. The van der Waals surface area contributed by atoms with E-state index in [2.05, 4.69) is 9.99 Å². The van der Waals surface area contributed by atoms with Crippen LogP contribution in [0.15, 0.2) is 65.8 Å². The molecule has 0 saturated heterocycles. The van der Waals surface area contributed by atoms with Crippen molar-refractivity contribution in [2.75, 3.05) is 0 Å². The van der Waals surface area contributed by atoms with Gasteiger partial charge < -0.3 is 4.84 Å². The van der Waals surface area contributed by atoms with Crippen LogP contribution >= 0.6 is 0 Å². The van der Waals surface area contributed by atoms with Gasteiger partial charge >= 0.3 is 5.97 Å². The van der Waals surface area contributed by atoms with Crippen molar-refractivity contribution in [2.24, 2.45) is 5.16 Å².